The van der Waals surface area contributed by atoms with Crippen LogP contribution in [0.25, 0.3) is 0 Å². The Hall–Kier alpha value is -0.340. The Labute approximate surface area is 69.6 Å². The van der Waals surface area contributed by atoms with Crippen molar-refractivity contribution in [3.63, 3.8) is 0 Å². The molecule has 0 bridgehead atoms. The molecule has 0 rings (SSSR count). The summed E-state index contributed by atoms with van der Waals surface area (Å²) in [5, 5.41) is 3.14. The lowest BCUT2D eigenvalue weighted by atomic mass is 10.1. The van der Waals surface area contributed by atoms with E-state index < -0.39 is 0 Å². The van der Waals surface area contributed by atoms with Crippen LogP contribution in [0.2, 0.25) is 0 Å². The predicted octanol–water partition coefficient (Wildman–Crippen LogP) is 1.43. The molecule has 0 aromatic rings. The van der Waals surface area contributed by atoms with Gasteiger partial charge in [-0.15, -0.1) is 6.58 Å². The van der Waals surface area contributed by atoms with E-state index >= 15 is 0 Å². The lowest BCUT2D eigenvalue weighted by molar-refractivity contribution is 0.121. The van der Waals surface area contributed by atoms with Crippen molar-refractivity contribution in [2.45, 2.75) is 13.3 Å². The number of nitrogens with one attached hydrogen (secondary N) is 1. The van der Waals surface area contributed by atoms with E-state index in [4.69, 9.17) is 4.74 Å². The Morgan fingerprint density at radius 1 is 1.64 bits per heavy atom. The van der Waals surface area contributed by atoms with Crippen LogP contribution in [-0.2, 0) is 4.74 Å². The second-order valence-electron chi connectivity index (χ2n) is 2.66. The Balaban J connectivity index is 3.27. The summed E-state index contributed by atoms with van der Waals surface area (Å²) in [7, 11) is 1.97. The van der Waals surface area contributed by atoms with Gasteiger partial charge in [-0.3, -0.25) is 0 Å². The molecular formula is C9H19NO. The van der Waals surface area contributed by atoms with Crippen molar-refractivity contribution < 1.29 is 4.74 Å². The molecule has 0 saturated heterocycles. The SMILES string of the molecule is C=CCOCC(CC)CNC. The van der Waals surface area contributed by atoms with Crippen molar-refractivity contribution in [1.29, 1.82) is 0 Å². The van der Waals surface area contributed by atoms with Gasteiger partial charge in [-0.2, -0.15) is 0 Å². The van der Waals surface area contributed by atoms with Crippen molar-refractivity contribution in [1.82, 2.24) is 5.32 Å². The van der Waals surface area contributed by atoms with Crippen molar-refractivity contribution in [3.05, 3.63) is 12.7 Å². The maximum atomic E-state index is 5.33. The van der Waals surface area contributed by atoms with Crippen LogP contribution in [0.4, 0.5) is 0 Å². The zero-order valence-corrected chi connectivity index (χ0v) is 7.60. The lowest BCUT2D eigenvalue weighted by Crippen LogP contribution is -2.22. The molecule has 0 aliphatic heterocycles. The lowest BCUT2D eigenvalue weighted by Gasteiger charge is -2.13. The molecule has 0 spiro atoms. The summed E-state index contributed by atoms with van der Waals surface area (Å²) >= 11 is 0. The Bertz CT molecular complexity index is 93.6. The molecule has 0 fully saturated rings. The minimum absolute atomic E-state index is 0.639. The number of hydrogen-bond acceptors (Lipinski definition) is 2. The van der Waals surface area contributed by atoms with Gasteiger partial charge in [-0.05, 0) is 25.9 Å². The van der Waals surface area contributed by atoms with Crippen molar-refractivity contribution in [3.8, 4) is 0 Å². The van der Waals surface area contributed by atoms with Crippen molar-refractivity contribution in [2.24, 2.45) is 5.92 Å². The summed E-state index contributed by atoms with van der Waals surface area (Å²) in [5.41, 5.74) is 0. The molecule has 1 atom stereocenters. The standard InChI is InChI=1S/C9H19NO/c1-4-6-11-8-9(5-2)7-10-3/h4,9-10H,1,5-8H2,2-3H3. The Kier molecular flexibility index (Phi) is 7.52. The molecule has 2 heteroatoms. The molecule has 1 unspecified atom stereocenters. The van der Waals surface area contributed by atoms with E-state index in [-0.39, 0.29) is 0 Å². The monoisotopic (exact) mass is 157 g/mol. The van der Waals surface area contributed by atoms with Crippen LogP contribution < -0.4 is 5.32 Å². The molecule has 11 heavy (non-hydrogen) atoms. The maximum absolute atomic E-state index is 5.33. The largest absolute Gasteiger partial charge is 0.377 e. The molecule has 2 nitrogen and oxygen atoms in total. The highest BCUT2D eigenvalue weighted by molar-refractivity contribution is 4.65. The summed E-state index contributed by atoms with van der Waals surface area (Å²) in [4.78, 5) is 0. The van der Waals surface area contributed by atoms with E-state index in [2.05, 4.69) is 18.8 Å². The molecule has 66 valence electrons. The summed E-state index contributed by atoms with van der Waals surface area (Å²) in [6.07, 6.45) is 2.95. The molecule has 0 saturated carbocycles. The van der Waals surface area contributed by atoms with Gasteiger partial charge in [-0.25, -0.2) is 0 Å². The van der Waals surface area contributed by atoms with Gasteiger partial charge in [0.15, 0.2) is 0 Å². The third-order valence-electron chi connectivity index (χ3n) is 1.66. The second kappa shape index (κ2) is 7.76. The molecule has 0 aromatic heterocycles. The Morgan fingerprint density at radius 3 is 2.82 bits per heavy atom. The van der Waals surface area contributed by atoms with E-state index in [0.717, 1.165) is 19.6 Å². The number of rotatable bonds is 7. The van der Waals surface area contributed by atoms with Crippen LogP contribution in [0.15, 0.2) is 12.7 Å². The molecule has 0 radical (unpaired) electrons. The van der Waals surface area contributed by atoms with E-state index in [1.807, 2.05) is 7.05 Å². The first-order chi connectivity index (χ1) is 5.35. The summed E-state index contributed by atoms with van der Waals surface area (Å²) < 4.78 is 5.33. The second-order valence-corrected chi connectivity index (χ2v) is 2.66. The average molecular weight is 157 g/mol. The molecule has 1 N–H and O–H groups in total. The summed E-state index contributed by atoms with van der Waals surface area (Å²) in [6.45, 7) is 8.31. The Morgan fingerprint density at radius 2 is 2.36 bits per heavy atom. The zero-order chi connectivity index (χ0) is 8.53. The van der Waals surface area contributed by atoms with Crippen molar-refractivity contribution >= 4 is 0 Å². The van der Waals surface area contributed by atoms with Gasteiger partial charge in [0.25, 0.3) is 0 Å². The van der Waals surface area contributed by atoms with E-state index in [1.165, 1.54) is 0 Å². The topological polar surface area (TPSA) is 21.3 Å². The van der Waals surface area contributed by atoms with Crippen LogP contribution in [0.5, 0.6) is 0 Å². The first-order valence-corrected chi connectivity index (χ1v) is 4.18. The highest BCUT2D eigenvalue weighted by Crippen LogP contribution is 2.00. The van der Waals surface area contributed by atoms with Crippen LogP contribution >= 0.6 is 0 Å². The van der Waals surface area contributed by atoms with Gasteiger partial charge < -0.3 is 10.1 Å². The third kappa shape index (κ3) is 6.07. The fourth-order valence-electron chi connectivity index (χ4n) is 0.928. The van der Waals surface area contributed by atoms with Crippen LogP contribution in [-0.4, -0.2) is 26.8 Å². The quantitative estimate of drug-likeness (QED) is 0.446. The minimum Gasteiger partial charge on any atom is -0.377 e. The molecule has 0 amide bonds. The fourth-order valence-corrected chi connectivity index (χ4v) is 0.928. The molecule has 0 aliphatic rings. The predicted molar refractivity (Wildman–Crippen MR) is 48.7 cm³/mol. The van der Waals surface area contributed by atoms with Gasteiger partial charge in [0.1, 0.15) is 0 Å². The smallest absolute Gasteiger partial charge is 0.0644 e. The minimum atomic E-state index is 0.639. The summed E-state index contributed by atoms with van der Waals surface area (Å²) in [5.74, 6) is 0.639. The van der Waals surface area contributed by atoms with Gasteiger partial charge >= 0.3 is 0 Å². The van der Waals surface area contributed by atoms with E-state index in [1.54, 1.807) is 6.08 Å². The van der Waals surface area contributed by atoms with Gasteiger partial charge in [0, 0.05) is 0 Å². The fraction of sp³-hybridized carbons (Fsp3) is 0.778. The highest BCUT2D eigenvalue weighted by Gasteiger charge is 2.03. The first-order valence-electron chi connectivity index (χ1n) is 4.18. The van der Waals surface area contributed by atoms with Gasteiger partial charge in [-0.1, -0.05) is 13.0 Å². The van der Waals surface area contributed by atoms with Gasteiger partial charge in [0.2, 0.25) is 0 Å². The van der Waals surface area contributed by atoms with Crippen molar-refractivity contribution in [2.75, 3.05) is 26.8 Å². The first kappa shape index (κ1) is 10.7. The van der Waals surface area contributed by atoms with Crippen LogP contribution in [0.3, 0.4) is 0 Å². The maximum Gasteiger partial charge on any atom is 0.0644 e. The number of ether oxygens (including phenoxy) is 1. The summed E-state index contributed by atoms with van der Waals surface area (Å²) in [6, 6.07) is 0. The molecule has 0 aromatic carbocycles. The molecule has 0 heterocycles. The van der Waals surface area contributed by atoms with Crippen LogP contribution in [0, 0.1) is 5.92 Å². The number of hydrogen-bond donors (Lipinski definition) is 1. The van der Waals surface area contributed by atoms with E-state index in [0.29, 0.717) is 12.5 Å². The molecule has 0 aliphatic carbocycles. The normalized spacial score (nSPS) is 12.9. The van der Waals surface area contributed by atoms with Gasteiger partial charge in [0.05, 0.1) is 13.2 Å². The average Bonchev–Trinajstić information content (AvgIpc) is 2.03. The van der Waals surface area contributed by atoms with E-state index in [9.17, 15) is 0 Å². The third-order valence-corrected chi connectivity index (χ3v) is 1.66. The highest BCUT2D eigenvalue weighted by atomic mass is 16.5. The van der Waals surface area contributed by atoms with Crippen LogP contribution in [0.1, 0.15) is 13.3 Å². The molecular weight excluding hydrogens is 138 g/mol. The zero-order valence-electron chi connectivity index (χ0n) is 7.60.